The normalized spacial score (nSPS) is 11.0. The first-order chi connectivity index (χ1) is 64.3. The number of aromatic amines is 1. The van der Waals surface area contributed by atoms with Crippen LogP contribution in [0.2, 0.25) is 35.2 Å². The summed E-state index contributed by atoms with van der Waals surface area (Å²) in [7, 11) is 4.39. The van der Waals surface area contributed by atoms with Gasteiger partial charge in [0.2, 0.25) is 0 Å². The minimum atomic E-state index is -0.705. The maximum absolute atomic E-state index is 14.6. The Morgan fingerprint density at radius 1 is 0.396 bits per heavy atom. The Hall–Kier alpha value is -12.5. The largest absolute Gasteiger partial charge is 0.497 e. The third kappa shape index (κ3) is 24.2. The van der Waals surface area contributed by atoms with Gasteiger partial charge in [-0.25, -0.2) is 62.1 Å². The predicted octanol–water partition coefficient (Wildman–Crippen LogP) is 31.7. The highest BCUT2D eigenvalue weighted by molar-refractivity contribution is 14.1. The molecular weight excluding hydrogens is 2130 g/mol. The van der Waals surface area contributed by atoms with Crippen molar-refractivity contribution in [3.63, 3.8) is 0 Å². The van der Waals surface area contributed by atoms with Crippen molar-refractivity contribution in [2.75, 3.05) is 34.4 Å². The fourth-order valence-corrected chi connectivity index (χ4v) is 15.4. The van der Waals surface area contributed by atoms with Crippen LogP contribution in [-0.4, -0.2) is 56.5 Å². The molecule has 0 amide bonds. The zero-order chi connectivity index (χ0) is 96.3. The first-order valence-electron chi connectivity index (χ1n) is 38.6. The summed E-state index contributed by atoms with van der Waals surface area (Å²) in [6.45, 7) is 1.28. The van der Waals surface area contributed by atoms with Crippen LogP contribution in [0.4, 0.5) is 57.1 Å². The first-order valence-corrected chi connectivity index (χ1v) is 43.4. The third-order valence-electron chi connectivity index (χ3n) is 19.0. The molecule has 18 aromatic rings. The van der Waals surface area contributed by atoms with Crippen LogP contribution in [0.5, 0.6) is 17.2 Å². The molecule has 0 fully saturated rings. The number of nitrogens with one attached hydrogen (secondary N) is 2. The topological polar surface area (TPSA) is 150 Å². The van der Waals surface area contributed by atoms with Crippen molar-refractivity contribution in [2.24, 2.45) is 4.99 Å². The van der Waals surface area contributed by atoms with E-state index in [-0.39, 0.29) is 103 Å². The fourth-order valence-electron chi connectivity index (χ4n) is 12.5. The average molecular weight is 2190 g/mol. The molecule has 6 heterocycles. The molecule has 0 bridgehead atoms. The van der Waals surface area contributed by atoms with Crippen LogP contribution in [0.25, 0.3) is 101 Å². The lowest BCUT2D eigenvalue weighted by molar-refractivity contribution is 0.112. The van der Waals surface area contributed by atoms with Crippen molar-refractivity contribution in [1.82, 2.24) is 15.3 Å². The van der Waals surface area contributed by atoms with Gasteiger partial charge in [-0.15, -0.1) is 6.42 Å². The number of aromatic nitrogens is 2. The number of hydrogen-bond donors (Lipinski definition) is 2. The average Bonchev–Trinajstić information content (AvgIpc) is 1.55. The number of carbonyl (C=O) groups is 1. The van der Waals surface area contributed by atoms with Crippen LogP contribution in [0.15, 0.2) is 272 Å². The van der Waals surface area contributed by atoms with Crippen LogP contribution in [-0.2, 0) is 0 Å². The quantitative estimate of drug-likeness (QED) is 0.0445. The number of terminal acetylenes is 1. The lowest BCUT2D eigenvalue weighted by Crippen LogP contribution is -2.20. The second kappa shape index (κ2) is 46.4. The molecule has 1 aliphatic heterocycles. The molecule has 34 heteroatoms. The summed E-state index contributed by atoms with van der Waals surface area (Å²) in [5.41, 5.74) is 6.19. The van der Waals surface area contributed by atoms with Crippen LogP contribution in [0, 0.1) is 107 Å². The van der Waals surface area contributed by atoms with E-state index in [1.165, 1.54) is 173 Å². The number of fused-ring (bicyclic) bond motifs is 4. The molecular formula is C100H58Cl7F13I2N4O8. The smallest absolute Gasteiger partial charge is 0.161 e. The van der Waals surface area contributed by atoms with Crippen molar-refractivity contribution in [3.05, 3.63) is 395 Å². The number of aliphatic imine (C=N–C) groups is 1. The number of H-pyrrole nitrogens is 1. The van der Waals surface area contributed by atoms with E-state index in [1.54, 1.807) is 97.3 Å². The summed E-state index contributed by atoms with van der Waals surface area (Å²) >= 11 is 43.8. The number of furan rings is 4. The maximum atomic E-state index is 14.6. The number of imidazole rings is 1. The Kier molecular flexibility index (Phi) is 34.8. The second-order valence-electron chi connectivity index (χ2n) is 27.4. The monoisotopic (exact) mass is 2190 g/mol. The van der Waals surface area contributed by atoms with E-state index in [0.717, 1.165) is 0 Å². The number of methoxy groups -OCH3 is 3. The standard InChI is InChI=1S/C17H11ClF2N2O.C17H9ClF2N2O.C15H7ClF2O2.C15H9ClF2O.C14H6ClF2IO.C8H5F.C7H5ClFIO.C7H6ClFO/c2*18-11-5-6-12-13(15(11)20)14(17-21-7-8-22-17)16(23-12)9-1-3-10(19)4-2-9;16-11-5-6-12-13(14(11)18)10(7-19)15(20-12)8-1-3-9(17)4-2-8;1-19-14-9-8-13(16)15(18)12(14)7-4-10-2-5-11(17)6-3-10;15-9-5-6-10-11(12(9)17)13(18)14(19-10)7-1-3-8(16)4-2-7;1-2-7-3-5-8(9)6-4-7;1-11-5-3-2-4(8)6(9)7(5)10;1-10-5-2-3-6(8)7(9)4-5/h1-6H,7-8H2,(H,21,22);1-8H,(H,21,22);1-7H;2-3,5-6,8-9H,1H3;1-6H;1,3-6H;2-3H,1H3;2-4H,1H3. The van der Waals surface area contributed by atoms with Gasteiger partial charge >= 0.3 is 0 Å². The van der Waals surface area contributed by atoms with E-state index in [2.05, 4.69) is 38.0 Å². The SMILES string of the molecule is C#Cc1ccc(F)cc1.COc1ccc(Cl)c(F)c1.COc1ccc(Cl)c(F)c1C#Cc1ccc(F)cc1.COc1ccc(Cl)c(F)c1I.Fc1ccc(-c2oc3ccc(Cl)c(F)c3c2-c2ncc[nH]2)cc1.Fc1ccc(-c2oc3ccc(Cl)c(F)c3c2C2=NCCN2)cc1.Fc1ccc(-c2oc3ccc(Cl)c(F)c3c2I)cc1.O=Cc1c(-c2ccc(F)cc2)oc2ccc(Cl)c(F)c12. The highest BCUT2D eigenvalue weighted by atomic mass is 127. The molecule has 0 radical (unpaired) electrons. The Morgan fingerprint density at radius 2 is 0.776 bits per heavy atom. The summed E-state index contributed by atoms with van der Waals surface area (Å²) in [4.78, 5) is 22.8. The minimum absolute atomic E-state index is 0.00300. The first kappa shape index (κ1) is 100. The van der Waals surface area contributed by atoms with Gasteiger partial charge in [-0.05, 0) is 276 Å². The van der Waals surface area contributed by atoms with Crippen molar-refractivity contribution >= 4 is 182 Å². The summed E-state index contributed by atoms with van der Waals surface area (Å²) in [6, 6.07) is 56.6. The van der Waals surface area contributed by atoms with E-state index in [1.807, 2.05) is 45.2 Å². The Morgan fingerprint density at radius 3 is 1.22 bits per heavy atom. The second-order valence-corrected chi connectivity index (χ2v) is 32.4. The number of nitrogens with zero attached hydrogens (tertiary/aromatic N) is 2. The number of benzene rings is 13. The van der Waals surface area contributed by atoms with Crippen LogP contribution in [0.3, 0.4) is 0 Å². The Labute approximate surface area is 816 Å². The van der Waals surface area contributed by atoms with Gasteiger partial charge in [0.15, 0.2) is 41.2 Å². The summed E-state index contributed by atoms with van der Waals surface area (Å²) in [5.74, 6) is 5.71. The van der Waals surface area contributed by atoms with Gasteiger partial charge < -0.3 is 42.2 Å². The fraction of sp³-hybridized carbons (Fsp3) is 0.0500. The van der Waals surface area contributed by atoms with E-state index in [4.69, 9.17) is 120 Å². The van der Waals surface area contributed by atoms with E-state index >= 15 is 0 Å². The van der Waals surface area contributed by atoms with E-state index < -0.39 is 46.5 Å². The van der Waals surface area contributed by atoms with Gasteiger partial charge in [-0.2, -0.15) is 0 Å². The molecule has 12 nitrogen and oxygen atoms in total. The van der Waals surface area contributed by atoms with Gasteiger partial charge in [-0.1, -0.05) is 99.0 Å². The van der Waals surface area contributed by atoms with Gasteiger partial charge in [0.25, 0.3) is 0 Å². The highest BCUT2D eigenvalue weighted by Crippen LogP contribution is 2.45. The third-order valence-corrected chi connectivity index (χ3v) is 23.1. The molecule has 0 unspecified atom stereocenters. The van der Waals surface area contributed by atoms with Crippen LogP contribution in [0.1, 0.15) is 32.6 Å². The molecule has 134 heavy (non-hydrogen) atoms. The number of carbonyl (C=O) groups excluding carboxylic acids is 1. The Balaban J connectivity index is 0.000000141. The summed E-state index contributed by atoms with van der Waals surface area (Å²) in [6.07, 6.45) is 8.72. The highest BCUT2D eigenvalue weighted by Gasteiger charge is 2.29. The molecule has 5 aromatic heterocycles. The van der Waals surface area contributed by atoms with Gasteiger partial charge in [-0.3, -0.25) is 9.79 Å². The molecule has 680 valence electrons. The number of aldehydes is 1. The zero-order valence-corrected chi connectivity index (χ0v) is 78.3. The molecule has 0 spiro atoms. The molecule has 1 aliphatic rings. The number of halogens is 22. The molecule has 0 saturated heterocycles. The van der Waals surface area contributed by atoms with Crippen molar-refractivity contribution < 1.29 is 93.7 Å². The number of amidine groups is 1. The lowest BCUT2D eigenvalue weighted by Gasteiger charge is -2.05. The van der Waals surface area contributed by atoms with Gasteiger partial charge in [0.05, 0.1) is 108 Å². The zero-order valence-electron chi connectivity index (χ0n) is 68.7. The molecule has 13 aromatic carbocycles. The number of hydrogen-bond acceptors (Lipinski definition) is 11. The van der Waals surface area contributed by atoms with Gasteiger partial charge in [0.1, 0.15) is 121 Å². The van der Waals surface area contributed by atoms with Crippen LogP contribution < -0.4 is 19.5 Å². The predicted molar refractivity (Wildman–Crippen MR) is 515 cm³/mol. The summed E-state index contributed by atoms with van der Waals surface area (Å²) < 4.78 is 212. The van der Waals surface area contributed by atoms with Gasteiger partial charge in [0, 0.05) is 58.4 Å². The minimum Gasteiger partial charge on any atom is -0.497 e. The van der Waals surface area contributed by atoms with Crippen molar-refractivity contribution in [2.45, 2.75) is 0 Å². The van der Waals surface area contributed by atoms with E-state index in [9.17, 15) is 61.9 Å². The van der Waals surface area contributed by atoms with E-state index in [0.29, 0.717) is 139 Å². The lowest BCUT2D eigenvalue weighted by atomic mass is 10.0. The van der Waals surface area contributed by atoms with Crippen molar-refractivity contribution in [1.29, 1.82) is 0 Å². The summed E-state index contributed by atoms with van der Waals surface area (Å²) in [5, 5.41) is 4.22. The van der Waals surface area contributed by atoms with Crippen molar-refractivity contribution in [3.8, 4) is 98.1 Å². The maximum Gasteiger partial charge on any atom is 0.161 e. The molecule has 0 atom stereocenters. The Bertz CT molecular complexity index is 7430. The number of ether oxygens (including phenoxy) is 3. The molecule has 0 saturated carbocycles. The molecule has 19 rings (SSSR count). The number of rotatable bonds is 10. The molecule has 0 aliphatic carbocycles. The van der Waals surface area contributed by atoms with Crippen LogP contribution >= 0.6 is 126 Å². The molecule has 2 N–H and O–H groups in total.